The van der Waals surface area contributed by atoms with Gasteiger partial charge in [-0.3, -0.25) is 9.59 Å². The normalized spacial score (nSPS) is 25.4. The van der Waals surface area contributed by atoms with E-state index < -0.39 is 5.97 Å². The molecule has 0 aromatic rings. The van der Waals surface area contributed by atoms with E-state index in [0.717, 1.165) is 32.1 Å². The molecule has 0 radical (unpaired) electrons. The van der Waals surface area contributed by atoms with E-state index in [4.69, 9.17) is 5.11 Å². The van der Waals surface area contributed by atoms with Gasteiger partial charge in [0.1, 0.15) is 5.78 Å². The first-order valence-corrected chi connectivity index (χ1v) is 5.88. The summed E-state index contributed by atoms with van der Waals surface area (Å²) in [5.74, 6) is 0.00497. The molecule has 0 aromatic carbocycles. The Kier molecular flexibility index (Phi) is 4.79. The van der Waals surface area contributed by atoms with Crippen LogP contribution in [0.5, 0.6) is 0 Å². The first kappa shape index (κ1) is 12.2. The molecule has 1 saturated carbocycles. The Bertz CT molecular complexity index is 235. The number of hydrogen-bond acceptors (Lipinski definition) is 2. The number of carbonyl (C=O) groups is 2. The number of unbranched alkanes of at least 4 members (excludes halogenated alkanes) is 1. The minimum Gasteiger partial charge on any atom is -0.481 e. The summed E-state index contributed by atoms with van der Waals surface area (Å²) in [6, 6.07) is 0. The van der Waals surface area contributed by atoms with Crippen molar-refractivity contribution in [3.05, 3.63) is 0 Å². The lowest BCUT2D eigenvalue weighted by atomic mass is 9.96. The lowest BCUT2D eigenvalue weighted by Crippen LogP contribution is -2.12. The fraction of sp³-hybridized carbons (Fsp3) is 0.833. The fourth-order valence-corrected chi connectivity index (χ4v) is 2.35. The Labute approximate surface area is 90.9 Å². The van der Waals surface area contributed by atoms with Crippen molar-refractivity contribution in [3.8, 4) is 0 Å². The molecule has 1 rings (SSSR count). The molecule has 3 heteroatoms. The largest absolute Gasteiger partial charge is 0.481 e. The smallest absolute Gasteiger partial charge is 0.303 e. The summed E-state index contributed by atoms with van der Waals surface area (Å²) in [6.45, 7) is 2.08. The Morgan fingerprint density at radius 2 is 2.07 bits per heavy atom. The quantitative estimate of drug-likeness (QED) is 0.736. The van der Waals surface area contributed by atoms with Crippen LogP contribution in [0.3, 0.4) is 0 Å². The van der Waals surface area contributed by atoms with Crippen LogP contribution in [0.1, 0.15) is 51.9 Å². The molecule has 1 N–H and O–H groups in total. The van der Waals surface area contributed by atoms with E-state index >= 15 is 0 Å². The number of rotatable bonds is 6. The van der Waals surface area contributed by atoms with E-state index in [1.165, 1.54) is 0 Å². The zero-order valence-electron chi connectivity index (χ0n) is 9.37. The molecular weight excluding hydrogens is 192 g/mol. The van der Waals surface area contributed by atoms with Crippen molar-refractivity contribution in [1.29, 1.82) is 0 Å². The number of aliphatic carboxylic acids is 1. The van der Waals surface area contributed by atoms with Crippen LogP contribution in [0.4, 0.5) is 0 Å². The standard InChI is InChI=1S/C12H20O3/c1-2-3-4-11(13)10-6-5-9(7-10)8-12(14)15/h9-10H,2-8H2,1H3,(H,14,15). The molecule has 0 amide bonds. The van der Waals surface area contributed by atoms with E-state index in [1.54, 1.807) is 0 Å². The van der Waals surface area contributed by atoms with Crippen LogP contribution < -0.4 is 0 Å². The van der Waals surface area contributed by atoms with E-state index in [1.807, 2.05) is 0 Å². The summed E-state index contributed by atoms with van der Waals surface area (Å²) < 4.78 is 0. The Hall–Kier alpha value is -0.860. The average molecular weight is 212 g/mol. The highest BCUT2D eigenvalue weighted by Gasteiger charge is 2.30. The summed E-state index contributed by atoms with van der Waals surface area (Å²) in [7, 11) is 0. The molecule has 0 heterocycles. The predicted molar refractivity (Wildman–Crippen MR) is 57.6 cm³/mol. The Morgan fingerprint density at radius 1 is 1.33 bits per heavy atom. The maximum atomic E-state index is 11.7. The zero-order chi connectivity index (χ0) is 11.3. The van der Waals surface area contributed by atoms with Crippen molar-refractivity contribution in [2.24, 2.45) is 11.8 Å². The molecule has 2 unspecified atom stereocenters. The number of hydrogen-bond donors (Lipinski definition) is 1. The Morgan fingerprint density at radius 3 is 2.67 bits per heavy atom. The second-order valence-corrected chi connectivity index (χ2v) is 4.54. The van der Waals surface area contributed by atoms with Crippen LogP contribution in [-0.2, 0) is 9.59 Å². The topological polar surface area (TPSA) is 54.4 Å². The van der Waals surface area contributed by atoms with Gasteiger partial charge < -0.3 is 5.11 Å². The third-order valence-electron chi connectivity index (χ3n) is 3.24. The van der Waals surface area contributed by atoms with E-state index in [2.05, 4.69) is 6.92 Å². The number of carboxylic acid groups (broad SMARTS) is 1. The highest BCUT2D eigenvalue weighted by molar-refractivity contribution is 5.81. The lowest BCUT2D eigenvalue weighted by Gasteiger charge is -2.08. The van der Waals surface area contributed by atoms with E-state index in [0.29, 0.717) is 12.2 Å². The molecule has 1 aliphatic rings. The summed E-state index contributed by atoms with van der Waals surface area (Å²) in [6.07, 6.45) is 5.55. The van der Waals surface area contributed by atoms with Crippen LogP contribution in [-0.4, -0.2) is 16.9 Å². The summed E-state index contributed by atoms with van der Waals surface area (Å²) >= 11 is 0. The minimum absolute atomic E-state index is 0.154. The third kappa shape index (κ3) is 4.02. The fourth-order valence-electron chi connectivity index (χ4n) is 2.35. The van der Waals surface area contributed by atoms with Gasteiger partial charge in [-0.2, -0.15) is 0 Å². The molecule has 1 fully saturated rings. The monoisotopic (exact) mass is 212 g/mol. The predicted octanol–water partition coefficient (Wildman–Crippen LogP) is 2.64. The first-order chi connectivity index (χ1) is 7.13. The second kappa shape index (κ2) is 5.89. The van der Waals surface area contributed by atoms with Gasteiger partial charge in [0.15, 0.2) is 0 Å². The van der Waals surface area contributed by atoms with Crippen molar-refractivity contribution in [1.82, 2.24) is 0 Å². The van der Waals surface area contributed by atoms with Crippen LogP contribution in [0.15, 0.2) is 0 Å². The van der Waals surface area contributed by atoms with Crippen molar-refractivity contribution in [2.45, 2.75) is 51.9 Å². The summed E-state index contributed by atoms with van der Waals surface area (Å²) in [4.78, 5) is 22.2. The molecule has 0 spiro atoms. The molecule has 0 saturated heterocycles. The first-order valence-electron chi connectivity index (χ1n) is 5.88. The zero-order valence-corrected chi connectivity index (χ0v) is 9.37. The van der Waals surface area contributed by atoms with Gasteiger partial charge in [-0.15, -0.1) is 0 Å². The van der Waals surface area contributed by atoms with Crippen LogP contribution in [0.2, 0.25) is 0 Å². The number of ketones is 1. The molecule has 15 heavy (non-hydrogen) atoms. The second-order valence-electron chi connectivity index (χ2n) is 4.54. The molecule has 86 valence electrons. The van der Waals surface area contributed by atoms with Gasteiger partial charge in [0.25, 0.3) is 0 Å². The third-order valence-corrected chi connectivity index (χ3v) is 3.24. The SMILES string of the molecule is CCCCC(=O)C1CCC(CC(=O)O)C1. The van der Waals surface area contributed by atoms with Gasteiger partial charge >= 0.3 is 5.97 Å². The van der Waals surface area contributed by atoms with Crippen molar-refractivity contribution in [3.63, 3.8) is 0 Å². The van der Waals surface area contributed by atoms with Crippen molar-refractivity contribution < 1.29 is 14.7 Å². The lowest BCUT2D eigenvalue weighted by molar-refractivity contribution is -0.138. The van der Waals surface area contributed by atoms with Crippen LogP contribution >= 0.6 is 0 Å². The summed E-state index contributed by atoms with van der Waals surface area (Å²) in [5, 5.41) is 8.66. The van der Waals surface area contributed by atoms with Crippen LogP contribution in [0.25, 0.3) is 0 Å². The minimum atomic E-state index is -0.735. The maximum absolute atomic E-state index is 11.7. The highest BCUT2D eigenvalue weighted by atomic mass is 16.4. The molecule has 0 bridgehead atoms. The van der Waals surface area contributed by atoms with Crippen molar-refractivity contribution >= 4 is 11.8 Å². The van der Waals surface area contributed by atoms with Crippen molar-refractivity contribution in [2.75, 3.05) is 0 Å². The molecule has 0 aliphatic heterocycles. The highest BCUT2D eigenvalue weighted by Crippen LogP contribution is 2.34. The van der Waals surface area contributed by atoms with Crippen LogP contribution in [0, 0.1) is 11.8 Å². The number of carboxylic acids is 1. The molecule has 1 aliphatic carbocycles. The maximum Gasteiger partial charge on any atom is 0.303 e. The van der Waals surface area contributed by atoms with Gasteiger partial charge in [-0.25, -0.2) is 0 Å². The van der Waals surface area contributed by atoms with Gasteiger partial charge in [-0.1, -0.05) is 13.3 Å². The van der Waals surface area contributed by atoms with Gasteiger partial charge in [0.2, 0.25) is 0 Å². The van der Waals surface area contributed by atoms with Gasteiger partial charge in [0.05, 0.1) is 0 Å². The summed E-state index contributed by atoms with van der Waals surface area (Å²) in [5.41, 5.74) is 0. The molecule has 3 nitrogen and oxygen atoms in total. The molecule has 0 aromatic heterocycles. The Balaban J connectivity index is 2.29. The average Bonchev–Trinajstić information content (AvgIpc) is 2.61. The molecular formula is C12H20O3. The molecule has 2 atom stereocenters. The number of Topliss-reactive ketones (excluding diaryl/α,β-unsaturated/α-hetero) is 1. The van der Waals surface area contributed by atoms with E-state index in [-0.39, 0.29) is 18.3 Å². The van der Waals surface area contributed by atoms with Gasteiger partial charge in [0, 0.05) is 18.8 Å². The number of carbonyl (C=O) groups excluding carboxylic acids is 1. The van der Waals surface area contributed by atoms with Gasteiger partial charge in [-0.05, 0) is 31.6 Å². The van der Waals surface area contributed by atoms with E-state index in [9.17, 15) is 9.59 Å².